The zero-order valence-corrected chi connectivity index (χ0v) is 14.2. The number of carbonyl (C=O) groups is 1. The fourth-order valence-corrected chi connectivity index (χ4v) is 3.09. The lowest BCUT2D eigenvalue weighted by molar-refractivity contribution is 0.0106. The van der Waals surface area contributed by atoms with Crippen molar-refractivity contribution in [1.82, 2.24) is 14.8 Å². The van der Waals surface area contributed by atoms with Gasteiger partial charge in [-0.05, 0) is 39.7 Å². The zero-order valence-electron chi connectivity index (χ0n) is 14.2. The van der Waals surface area contributed by atoms with E-state index < -0.39 is 10.5 Å². The first-order valence-electron chi connectivity index (χ1n) is 8.12. The molecule has 1 aliphatic carbocycles. The molecule has 0 unspecified atom stereocenters. The molecule has 0 bridgehead atoms. The van der Waals surface area contributed by atoms with Crippen LogP contribution in [0.2, 0.25) is 0 Å². The Morgan fingerprint density at radius 2 is 2.00 bits per heavy atom. The van der Waals surface area contributed by atoms with Gasteiger partial charge in [-0.3, -0.25) is 9.80 Å². The van der Waals surface area contributed by atoms with Crippen molar-refractivity contribution < 1.29 is 9.53 Å². The Balaban J connectivity index is 1.72. The maximum atomic E-state index is 12.4. The number of carbonyl (C=O) groups excluding carboxylic acids is 1. The number of anilines is 1. The van der Waals surface area contributed by atoms with Gasteiger partial charge in [-0.15, -0.1) is 0 Å². The Labute approximate surface area is 140 Å². The number of pyridine rings is 1. The minimum atomic E-state index is -0.502. The molecule has 2 aliphatic rings. The molecule has 1 saturated carbocycles. The van der Waals surface area contributed by atoms with Crippen LogP contribution in [0.1, 0.15) is 33.6 Å². The zero-order chi connectivity index (χ0) is 17.5. The van der Waals surface area contributed by atoms with Crippen LogP contribution in [0.4, 0.5) is 10.5 Å². The summed E-state index contributed by atoms with van der Waals surface area (Å²) < 4.78 is 5.52. The van der Waals surface area contributed by atoms with E-state index in [1.54, 1.807) is 12.3 Å². The predicted octanol–water partition coefficient (Wildman–Crippen LogP) is 1.37. The molecule has 1 aromatic heterocycles. The second-order valence-corrected chi connectivity index (χ2v) is 7.47. The van der Waals surface area contributed by atoms with Crippen molar-refractivity contribution in [2.75, 3.05) is 24.5 Å². The molecule has 0 aromatic carbocycles. The highest BCUT2D eigenvalue weighted by molar-refractivity contribution is 5.71. The van der Waals surface area contributed by atoms with E-state index >= 15 is 0 Å². The van der Waals surface area contributed by atoms with Crippen molar-refractivity contribution in [1.29, 1.82) is 0 Å². The van der Waals surface area contributed by atoms with Gasteiger partial charge in [-0.25, -0.2) is 9.78 Å². The SMILES string of the molecule is CC(C)(C)OC(=O)N1CCN(c2ccc(=[N+]([O-])[O-])[nH]c2)CC12CC2. The van der Waals surface area contributed by atoms with Gasteiger partial charge in [0.15, 0.2) is 0 Å². The second kappa shape index (κ2) is 5.61. The topological polar surface area (TPSA) is 97.7 Å². The number of aromatic nitrogens is 1. The smallest absolute Gasteiger partial charge is 0.410 e. The number of piperazine rings is 1. The van der Waals surface area contributed by atoms with Crippen molar-refractivity contribution in [2.45, 2.75) is 44.8 Å². The molecule has 2 heterocycles. The van der Waals surface area contributed by atoms with Gasteiger partial charge in [0, 0.05) is 25.7 Å². The van der Waals surface area contributed by atoms with Gasteiger partial charge >= 0.3 is 6.09 Å². The molecular weight excluding hydrogens is 312 g/mol. The first-order chi connectivity index (χ1) is 11.2. The lowest BCUT2D eigenvalue weighted by Crippen LogP contribution is -2.58. The summed E-state index contributed by atoms with van der Waals surface area (Å²) in [6.45, 7) is 7.59. The van der Waals surface area contributed by atoms with Crippen LogP contribution in [0.5, 0.6) is 0 Å². The van der Waals surface area contributed by atoms with E-state index in [0.717, 1.165) is 25.1 Å². The Kier molecular flexibility index (Phi) is 3.85. The van der Waals surface area contributed by atoms with Crippen LogP contribution in [-0.2, 0) is 4.74 Å². The fourth-order valence-electron chi connectivity index (χ4n) is 3.09. The molecule has 1 amide bonds. The van der Waals surface area contributed by atoms with Crippen molar-refractivity contribution in [3.05, 3.63) is 34.2 Å². The number of H-pyrrole nitrogens is 1. The lowest BCUT2D eigenvalue weighted by atomic mass is 10.1. The highest BCUT2D eigenvalue weighted by Crippen LogP contribution is 2.45. The van der Waals surface area contributed by atoms with Gasteiger partial charge < -0.3 is 20.1 Å². The van der Waals surface area contributed by atoms with E-state index in [2.05, 4.69) is 9.88 Å². The highest BCUT2D eigenvalue weighted by Gasteiger charge is 2.54. The van der Waals surface area contributed by atoms with Gasteiger partial charge in [-0.1, -0.05) is 0 Å². The molecule has 1 spiro atoms. The third-order valence-corrected chi connectivity index (χ3v) is 4.43. The molecule has 8 nitrogen and oxygen atoms in total. The van der Waals surface area contributed by atoms with Crippen LogP contribution in [0.15, 0.2) is 18.3 Å². The minimum absolute atomic E-state index is 0.0349. The molecule has 1 aromatic rings. The molecule has 132 valence electrons. The Bertz CT molecular complexity index is 678. The van der Waals surface area contributed by atoms with E-state index in [-0.39, 0.29) is 17.1 Å². The van der Waals surface area contributed by atoms with Gasteiger partial charge in [0.1, 0.15) is 11.8 Å². The lowest BCUT2D eigenvalue weighted by Gasteiger charge is -2.43. The summed E-state index contributed by atoms with van der Waals surface area (Å²) in [4.78, 5) is 18.7. The van der Waals surface area contributed by atoms with Gasteiger partial charge in [0.05, 0.1) is 11.2 Å². The number of nitrogens with one attached hydrogen (secondary N) is 1. The van der Waals surface area contributed by atoms with Crippen LogP contribution in [0.25, 0.3) is 0 Å². The maximum Gasteiger partial charge on any atom is 0.410 e. The Morgan fingerprint density at radius 1 is 1.29 bits per heavy atom. The number of rotatable bonds is 1. The first-order valence-corrected chi connectivity index (χ1v) is 8.12. The van der Waals surface area contributed by atoms with Crippen LogP contribution in [0, 0.1) is 10.4 Å². The first kappa shape index (κ1) is 16.5. The number of nitrogens with zero attached hydrogens (tertiary/aromatic N) is 3. The molecule has 1 saturated heterocycles. The number of ether oxygens (including phenoxy) is 1. The van der Waals surface area contributed by atoms with E-state index in [1.807, 2.05) is 25.7 Å². The molecule has 3 rings (SSSR count). The summed E-state index contributed by atoms with van der Waals surface area (Å²) >= 11 is 0. The third kappa shape index (κ3) is 3.27. The Hall–Kier alpha value is -2.38. The number of hydrogen-bond donors (Lipinski definition) is 1. The van der Waals surface area contributed by atoms with Crippen molar-refractivity contribution in [3.63, 3.8) is 0 Å². The average Bonchev–Trinajstić information content (AvgIpc) is 3.25. The van der Waals surface area contributed by atoms with Crippen molar-refractivity contribution in [3.8, 4) is 0 Å². The van der Waals surface area contributed by atoms with Crippen LogP contribution in [0.3, 0.4) is 0 Å². The average molecular weight is 335 g/mol. The molecule has 1 aliphatic heterocycles. The van der Waals surface area contributed by atoms with Crippen LogP contribution >= 0.6 is 0 Å². The quantitative estimate of drug-likeness (QED) is 0.782. The summed E-state index contributed by atoms with van der Waals surface area (Å²) in [5.41, 5.74) is 0.197. The summed E-state index contributed by atoms with van der Waals surface area (Å²) in [6, 6.07) is 3.21. The van der Waals surface area contributed by atoms with Crippen molar-refractivity contribution in [2.24, 2.45) is 0 Å². The summed E-state index contributed by atoms with van der Waals surface area (Å²) in [7, 11) is 0. The van der Waals surface area contributed by atoms with Gasteiger partial charge in [0.2, 0.25) is 0 Å². The molecule has 2 fully saturated rings. The largest absolute Gasteiger partial charge is 0.712 e. The molecule has 0 atom stereocenters. The standard InChI is InChI=1S/C16H23N4O4/c1-15(2,3)24-14(21)19-9-8-18(11-16(19)6-7-16)12-4-5-13(17-10-12)20(22)23/h4-5,10,17H,6-9,11H2,1-3H3/q-1. The third-order valence-electron chi connectivity index (χ3n) is 4.43. The number of aromatic amines is 1. The molecule has 0 radical (unpaired) electrons. The van der Waals surface area contributed by atoms with E-state index in [1.165, 1.54) is 6.07 Å². The molecular formula is C16H23N4O4-. The minimum Gasteiger partial charge on any atom is -0.712 e. The summed E-state index contributed by atoms with van der Waals surface area (Å²) in [6.07, 6.45) is 3.31. The Morgan fingerprint density at radius 3 is 2.50 bits per heavy atom. The molecule has 1 N–H and O–H groups in total. The summed E-state index contributed by atoms with van der Waals surface area (Å²) in [5, 5.41) is 21.5. The number of amides is 1. The van der Waals surface area contributed by atoms with E-state index in [0.29, 0.717) is 13.1 Å². The summed E-state index contributed by atoms with van der Waals surface area (Å²) in [5.74, 6) is 0. The van der Waals surface area contributed by atoms with Crippen LogP contribution < -0.4 is 15.3 Å². The molecule has 24 heavy (non-hydrogen) atoms. The maximum absolute atomic E-state index is 12.4. The highest BCUT2D eigenvalue weighted by atomic mass is 16.8. The normalized spacial score (nSPS) is 19.3. The number of hydrogen-bond acceptors (Lipinski definition) is 5. The van der Waals surface area contributed by atoms with Crippen molar-refractivity contribution >= 4 is 11.8 Å². The molecule has 8 heteroatoms. The second-order valence-electron chi connectivity index (χ2n) is 7.47. The monoisotopic (exact) mass is 335 g/mol. The van der Waals surface area contributed by atoms with Gasteiger partial charge in [0.25, 0.3) is 5.49 Å². The van der Waals surface area contributed by atoms with Gasteiger partial charge in [-0.2, -0.15) is 0 Å². The predicted molar refractivity (Wildman–Crippen MR) is 89.9 cm³/mol. The van der Waals surface area contributed by atoms with E-state index in [9.17, 15) is 15.2 Å². The fraction of sp³-hybridized carbons (Fsp3) is 0.625. The van der Waals surface area contributed by atoms with Crippen LogP contribution in [-0.4, -0.2) is 46.8 Å². The van der Waals surface area contributed by atoms with E-state index in [4.69, 9.17) is 4.74 Å².